The summed E-state index contributed by atoms with van der Waals surface area (Å²) in [5, 5.41) is 26.1. The fourth-order valence-electron chi connectivity index (χ4n) is 5.34. The number of halogens is 1. The number of carbonyl (C=O) groups is 1. The molecule has 1 aliphatic heterocycles. The summed E-state index contributed by atoms with van der Waals surface area (Å²) in [4.78, 5) is 36.0. The van der Waals surface area contributed by atoms with Crippen LogP contribution in [-0.2, 0) is 18.8 Å². The normalized spacial score (nSPS) is 22.8. The number of carbonyl (C=O) groups excluding carboxylic acids is 1. The SMILES string of the molecule is CCCCCOC(=O)[C@H](C)NP(=O)(O)Oc1c(OC[C@H]2O[C@@H](n3c(I)nc4c(OC)nc(N)nc43)[C@](C)(O)[C@@H]2O)ccc2ccccc12. The largest absolute Gasteiger partial charge is 0.487 e. The van der Waals surface area contributed by atoms with Gasteiger partial charge in [-0.3, -0.25) is 9.36 Å². The predicted octanol–water partition coefficient (Wildman–Crippen LogP) is 3.45. The van der Waals surface area contributed by atoms with E-state index in [1.54, 1.807) is 36.4 Å². The Morgan fingerprint density at radius 3 is 2.71 bits per heavy atom. The number of nitrogens with zero attached hydrogens (tertiary/aromatic N) is 4. The summed E-state index contributed by atoms with van der Waals surface area (Å²) in [7, 11) is -3.25. The quantitative estimate of drug-likeness (QED) is 0.0405. The minimum atomic E-state index is -4.66. The van der Waals surface area contributed by atoms with Crippen LogP contribution in [0.1, 0.15) is 46.3 Å². The molecule has 18 heteroatoms. The molecule has 2 aromatic carbocycles. The van der Waals surface area contributed by atoms with Gasteiger partial charge in [-0.2, -0.15) is 15.1 Å². The molecular formula is C30H38IN6O10P. The molecule has 16 nitrogen and oxygen atoms in total. The number of aliphatic hydroxyl groups is 2. The maximum Gasteiger partial charge on any atom is 0.457 e. The van der Waals surface area contributed by atoms with Gasteiger partial charge in [-0.15, -0.1) is 0 Å². The fourth-order valence-corrected chi connectivity index (χ4v) is 7.15. The number of aliphatic hydroxyl groups excluding tert-OH is 1. The Morgan fingerprint density at radius 1 is 1.23 bits per heavy atom. The van der Waals surface area contributed by atoms with Gasteiger partial charge in [0.15, 0.2) is 32.7 Å². The van der Waals surface area contributed by atoms with Gasteiger partial charge in [-0.1, -0.05) is 50.1 Å². The van der Waals surface area contributed by atoms with Crippen LogP contribution in [0.15, 0.2) is 36.4 Å². The zero-order valence-electron chi connectivity index (χ0n) is 26.7. The van der Waals surface area contributed by atoms with Gasteiger partial charge in [0.2, 0.25) is 11.8 Å². The first-order valence-corrected chi connectivity index (χ1v) is 17.8. The van der Waals surface area contributed by atoms with Gasteiger partial charge < -0.3 is 44.3 Å². The van der Waals surface area contributed by atoms with Crippen LogP contribution in [0.4, 0.5) is 5.95 Å². The molecular weight excluding hydrogens is 762 g/mol. The van der Waals surface area contributed by atoms with Crippen LogP contribution in [0.25, 0.3) is 21.9 Å². The number of hydrogen-bond donors (Lipinski definition) is 5. The van der Waals surface area contributed by atoms with Crippen molar-refractivity contribution in [1.29, 1.82) is 0 Å². The van der Waals surface area contributed by atoms with Crippen LogP contribution in [0.2, 0.25) is 0 Å². The first-order chi connectivity index (χ1) is 22.8. The minimum Gasteiger partial charge on any atom is -0.487 e. The van der Waals surface area contributed by atoms with E-state index >= 15 is 0 Å². The first kappa shape index (κ1) is 36.0. The Hall–Kier alpha value is -3.32. The fraction of sp³-hybridized carbons (Fsp3) is 0.467. The molecule has 2 aromatic heterocycles. The average molecular weight is 801 g/mol. The highest BCUT2D eigenvalue weighted by molar-refractivity contribution is 14.1. The van der Waals surface area contributed by atoms with E-state index in [0.29, 0.717) is 21.0 Å². The van der Waals surface area contributed by atoms with Crippen molar-refractivity contribution in [2.75, 3.05) is 26.1 Å². The maximum absolute atomic E-state index is 13.3. The molecule has 3 heterocycles. The maximum atomic E-state index is 13.3. The number of rotatable bonds is 14. The third-order valence-electron chi connectivity index (χ3n) is 7.83. The van der Waals surface area contributed by atoms with Crippen LogP contribution in [0.5, 0.6) is 17.4 Å². The van der Waals surface area contributed by atoms with Crippen LogP contribution in [-0.4, -0.2) is 84.8 Å². The lowest BCUT2D eigenvalue weighted by Crippen LogP contribution is -2.45. The minimum absolute atomic E-state index is 0.0476. The molecule has 0 amide bonds. The lowest BCUT2D eigenvalue weighted by atomic mass is 9.96. The summed E-state index contributed by atoms with van der Waals surface area (Å²) >= 11 is 1.94. The molecule has 0 aliphatic carbocycles. The van der Waals surface area contributed by atoms with E-state index in [4.69, 9.17) is 29.2 Å². The zero-order valence-corrected chi connectivity index (χ0v) is 29.8. The Balaban J connectivity index is 1.37. The van der Waals surface area contributed by atoms with Crippen molar-refractivity contribution < 1.29 is 47.9 Å². The first-order valence-electron chi connectivity index (χ1n) is 15.2. The van der Waals surface area contributed by atoms with E-state index in [1.165, 1.54) is 25.5 Å². The van der Waals surface area contributed by atoms with Crippen LogP contribution in [0, 0.1) is 3.83 Å². The van der Waals surface area contributed by atoms with Crippen LogP contribution < -0.4 is 24.8 Å². The number of nitrogens with one attached hydrogen (secondary N) is 1. The second kappa shape index (κ2) is 14.7. The molecule has 1 unspecified atom stereocenters. The summed E-state index contributed by atoms with van der Waals surface area (Å²) < 4.78 is 43.4. The molecule has 5 rings (SSSR count). The van der Waals surface area contributed by atoms with Gasteiger partial charge >= 0.3 is 13.7 Å². The lowest BCUT2D eigenvalue weighted by Gasteiger charge is -2.27. The molecule has 1 saturated heterocycles. The van der Waals surface area contributed by atoms with Gasteiger partial charge in [0.1, 0.15) is 30.5 Å². The summed E-state index contributed by atoms with van der Waals surface area (Å²) in [6.07, 6.45) is -1.22. The van der Waals surface area contributed by atoms with Gasteiger partial charge in [0, 0.05) is 28.0 Å². The number of fused-ring (bicyclic) bond motifs is 2. The lowest BCUT2D eigenvalue weighted by molar-refractivity contribution is -0.145. The number of nitrogens with two attached hydrogens (primary N) is 1. The van der Waals surface area contributed by atoms with E-state index in [0.717, 1.165) is 12.8 Å². The molecule has 6 atom stereocenters. The van der Waals surface area contributed by atoms with E-state index in [2.05, 4.69) is 20.0 Å². The molecule has 0 bridgehead atoms. The Labute approximate surface area is 289 Å². The molecule has 0 radical (unpaired) electrons. The van der Waals surface area contributed by atoms with Crippen molar-refractivity contribution in [2.45, 2.75) is 70.1 Å². The van der Waals surface area contributed by atoms with E-state index in [1.807, 2.05) is 29.5 Å². The summed E-state index contributed by atoms with van der Waals surface area (Å²) in [6, 6.07) is 9.10. The number of hydrogen-bond acceptors (Lipinski definition) is 13. The molecule has 0 saturated carbocycles. The molecule has 6 N–H and O–H groups in total. The summed E-state index contributed by atoms with van der Waals surface area (Å²) in [5.41, 5.74) is 4.53. The number of unbranched alkanes of at least 4 members (excludes halogenated alkanes) is 2. The van der Waals surface area contributed by atoms with Crippen molar-refractivity contribution in [3.8, 4) is 17.4 Å². The molecule has 1 fully saturated rings. The third-order valence-corrected chi connectivity index (χ3v) is 9.73. The Bertz CT molecular complexity index is 1840. The molecule has 0 spiro atoms. The van der Waals surface area contributed by atoms with Gasteiger partial charge in [0.05, 0.1) is 13.7 Å². The highest BCUT2D eigenvalue weighted by atomic mass is 127. The van der Waals surface area contributed by atoms with Crippen molar-refractivity contribution in [3.63, 3.8) is 0 Å². The van der Waals surface area contributed by atoms with Crippen molar-refractivity contribution in [2.24, 2.45) is 0 Å². The zero-order chi connectivity index (χ0) is 34.8. The second-order valence-electron chi connectivity index (χ2n) is 11.5. The highest BCUT2D eigenvalue weighted by Crippen LogP contribution is 2.47. The Morgan fingerprint density at radius 2 is 1.98 bits per heavy atom. The van der Waals surface area contributed by atoms with Crippen LogP contribution >= 0.6 is 30.3 Å². The number of benzene rings is 2. The Kier molecular flexibility index (Phi) is 11.0. The number of aromatic nitrogens is 4. The van der Waals surface area contributed by atoms with Gasteiger partial charge in [-0.05, 0) is 31.7 Å². The van der Waals surface area contributed by atoms with Crippen molar-refractivity contribution >= 4 is 64.2 Å². The number of imidazole rings is 1. The number of esters is 1. The number of nitrogen functional groups attached to an aromatic ring is 1. The van der Waals surface area contributed by atoms with Crippen molar-refractivity contribution in [3.05, 3.63) is 40.2 Å². The molecule has 260 valence electrons. The van der Waals surface area contributed by atoms with Crippen LogP contribution in [0.3, 0.4) is 0 Å². The number of methoxy groups -OCH3 is 1. The number of anilines is 1. The summed E-state index contributed by atoms with van der Waals surface area (Å²) in [5.74, 6) is -0.690. The second-order valence-corrected chi connectivity index (χ2v) is 13.9. The smallest absolute Gasteiger partial charge is 0.457 e. The third kappa shape index (κ3) is 7.46. The highest BCUT2D eigenvalue weighted by Gasteiger charge is 2.54. The molecule has 48 heavy (non-hydrogen) atoms. The topological polar surface area (TPSA) is 223 Å². The number of ether oxygens (including phenoxy) is 4. The monoisotopic (exact) mass is 800 g/mol. The van der Waals surface area contributed by atoms with E-state index < -0.39 is 43.8 Å². The predicted molar refractivity (Wildman–Crippen MR) is 183 cm³/mol. The van der Waals surface area contributed by atoms with Crippen molar-refractivity contribution in [1.82, 2.24) is 24.6 Å². The molecule has 1 aliphatic rings. The van der Waals surface area contributed by atoms with Gasteiger partial charge in [-0.25, -0.2) is 9.55 Å². The standard InChI is InChI=1S/C30H38IN6O10P/c1-5-6-9-14-44-26(39)16(2)36-48(41,42)47-22-18-11-8-7-10-17(18)12-13-19(22)45-15-20-23(38)30(3,40)27(46-20)37-24-21(33-28(37)31)25(43-4)35-29(32)34-24/h7-8,10-13,16,20,23,27,38,40H,5-6,9,14-15H2,1-4H3,(H2,32,34,35)(H2,36,41,42)/t16-,20+,23+,27+,30+/m0/s1. The average Bonchev–Trinajstić information content (AvgIpc) is 3.48. The van der Waals surface area contributed by atoms with E-state index in [9.17, 15) is 24.5 Å². The van der Waals surface area contributed by atoms with E-state index in [-0.39, 0.29) is 47.7 Å². The van der Waals surface area contributed by atoms with Gasteiger partial charge in [0.25, 0.3) is 0 Å². The summed E-state index contributed by atoms with van der Waals surface area (Å²) in [6.45, 7) is 4.72. The molecule has 4 aromatic rings.